The Morgan fingerprint density at radius 2 is 2.09 bits per heavy atom. The number of methoxy groups -OCH3 is 1. The molecule has 0 spiro atoms. The molecule has 1 heterocycles. The zero-order valence-corrected chi connectivity index (χ0v) is 13.3. The molecule has 0 fully saturated rings. The SMILES string of the molecule is CCc1cc(C(=O)OC)c(NC(=O)c2cccc([N+](=O)[O-])c2)s1. The molecule has 0 aliphatic carbocycles. The number of thiophene rings is 1. The second-order valence-corrected chi connectivity index (χ2v) is 5.70. The molecule has 1 N–H and O–H groups in total. The molecule has 2 rings (SSSR count). The van der Waals surface area contributed by atoms with Crippen LogP contribution in [0.2, 0.25) is 0 Å². The Balaban J connectivity index is 2.30. The van der Waals surface area contributed by atoms with Crippen LogP contribution in [-0.4, -0.2) is 23.9 Å². The zero-order valence-electron chi connectivity index (χ0n) is 12.5. The van der Waals surface area contributed by atoms with Gasteiger partial charge in [-0.3, -0.25) is 14.9 Å². The van der Waals surface area contributed by atoms with E-state index in [4.69, 9.17) is 4.74 Å². The summed E-state index contributed by atoms with van der Waals surface area (Å²) in [5, 5.41) is 13.8. The van der Waals surface area contributed by atoms with Gasteiger partial charge in [0.1, 0.15) is 5.00 Å². The third kappa shape index (κ3) is 3.72. The normalized spacial score (nSPS) is 10.2. The Morgan fingerprint density at radius 3 is 2.70 bits per heavy atom. The zero-order chi connectivity index (χ0) is 17.0. The number of nitro groups is 1. The number of carbonyl (C=O) groups excluding carboxylic acids is 2. The van der Waals surface area contributed by atoms with Crippen LogP contribution in [0, 0.1) is 10.1 Å². The number of esters is 1. The maximum absolute atomic E-state index is 12.3. The predicted octanol–water partition coefficient (Wildman–Crippen LogP) is 3.26. The number of nitrogens with one attached hydrogen (secondary N) is 1. The largest absolute Gasteiger partial charge is 0.465 e. The topological polar surface area (TPSA) is 98.5 Å². The van der Waals surface area contributed by atoms with Gasteiger partial charge in [0, 0.05) is 22.6 Å². The van der Waals surface area contributed by atoms with Crippen molar-refractivity contribution in [2.45, 2.75) is 13.3 Å². The third-order valence-corrected chi connectivity index (χ3v) is 4.28. The average molecular weight is 334 g/mol. The minimum Gasteiger partial charge on any atom is -0.465 e. The lowest BCUT2D eigenvalue weighted by molar-refractivity contribution is -0.384. The lowest BCUT2D eigenvalue weighted by Crippen LogP contribution is -2.13. The number of hydrogen-bond acceptors (Lipinski definition) is 6. The number of nitrogens with zero attached hydrogens (tertiary/aromatic N) is 1. The molecule has 0 atom stereocenters. The molecule has 0 aliphatic heterocycles. The van der Waals surface area contributed by atoms with Crippen LogP contribution in [-0.2, 0) is 11.2 Å². The molecule has 0 aliphatic rings. The van der Waals surface area contributed by atoms with E-state index in [1.54, 1.807) is 6.07 Å². The molecule has 2 aromatic rings. The summed E-state index contributed by atoms with van der Waals surface area (Å²) in [4.78, 5) is 35.2. The summed E-state index contributed by atoms with van der Waals surface area (Å²) in [6.45, 7) is 1.93. The highest BCUT2D eigenvalue weighted by Crippen LogP contribution is 2.30. The molecule has 1 aromatic heterocycles. The van der Waals surface area contributed by atoms with Gasteiger partial charge >= 0.3 is 5.97 Å². The van der Waals surface area contributed by atoms with Gasteiger partial charge in [0.05, 0.1) is 17.6 Å². The first-order valence-electron chi connectivity index (χ1n) is 6.73. The number of rotatable bonds is 5. The standard InChI is InChI=1S/C15H14N2O5S/c1-3-11-8-12(15(19)22-2)14(23-11)16-13(18)9-5-4-6-10(7-9)17(20)21/h4-8H,3H2,1-2H3,(H,16,18). The molecule has 0 saturated heterocycles. The van der Waals surface area contributed by atoms with Crippen molar-refractivity contribution in [1.29, 1.82) is 0 Å². The van der Waals surface area contributed by atoms with E-state index in [2.05, 4.69) is 5.32 Å². The molecule has 7 nitrogen and oxygen atoms in total. The Labute approximate surface area is 136 Å². The highest BCUT2D eigenvalue weighted by atomic mass is 32.1. The van der Waals surface area contributed by atoms with Crippen molar-refractivity contribution in [2.75, 3.05) is 12.4 Å². The lowest BCUT2D eigenvalue weighted by atomic mass is 10.2. The van der Waals surface area contributed by atoms with Gasteiger partial charge in [-0.1, -0.05) is 13.0 Å². The summed E-state index contributed by atoms with van der Waals surface area (Å²) in [6, 6.07) is 7.05. The molecular weight excluding hydrogens is 320 g/mol. The van der Waals surface area contributed by atoms with Crippen molar-refractivity contribution >= 4 is 33.9 Å². The first-order valence-corrected chi connectivity index (χ1v) is 7.54. The highest BCUT2D eigenvalue weighted by molar-refractivity contribution is 7.16. The number of anilines is 1. The Hall–Kier alpha value is -2.74. The number of carbonyl (C=O) groups is 2. The van der Waals surface area contributed by atoms with Crippen molar-refractivity contribution in [3.8, 4) is 0 Å². The maximum Gasteiger partial charge on any atom is 0.340 e. The third-order valence-electron chi connectivity index (χ3n) is 3.08. The molecule has 0 saturated carbocycles. The minimum atomic E-state index is -0.572. The second-order valence-electron chi connectivity index (χ2n) is 4.56. The van der Waals surface area contributed by atoms with E-state index >= 15 is 0 Å². The van der Waals surface area contributed by atoms with E-state index < -0.39 is 16.8 Å². The molecule has 0 radical (unpaired) electrons. The van der Waals surface area contributed by atoms with Crippen LogP contribution in [0.15, 0.2) is 30.3 Å². The van der Waals surface area contributed by atoms with Gasteiger partial charge in [-0.25, -0.2) is 4.79 Å². The Morgan fingerprint density at radius 1 is 1.35 bits per heavy atom. The molecule has 8 heteroatoms. The Kier molecular flexibility index (Phi) is 5.07. The number of ether oxygens (including phenoxy) is 1. The summed E-state index contributed by atoms with van der Waals surface area (Å²) in [7, 11) is 1.26. The number of amides is 1. The average Bonchev–Trinajstić information content (AvgIpc) is 2.97. The molecular formula is C15H14N2O5S. The van der Waals surface area contributed by atoms with Crippen LogP contribution in [0.3, 0.4) is 0 Å². The fourth-order valence-electron chi connectivity index (χ4n) is 1.91. The smallest absolute Gasteiger partial charge is 0.340 e. The van der Waals surface area contributed by atoms with E-state index in [-0.39, 0.29) is 16.8 Å². The van der Waals surface area contributed by atoms with Gasteiger partial charge in [0.25, 0.3) is 11.6 Å². The summed E-state index contributed by atoms with van der Waals surface area (Å²) < 4.78 is 4.70. The van der Waals surface area contributed by atoms with Gasteiger partial charge in [-0.2, -0.15) is 0 Å². The molecule has 23 heavy (non-hydrogen) atoms. The van der Waals surface area contributed by atoms with Crippen LogP contribution in [0.1, 0.15) is 32.5 Å². The summed E-state index contributed by atoms with van der Waals surface area (Å²) in [5.41, 5.74) is 0.237. The van der Waals surface area contributed by atoms with Crippen molar-refractivity contribution < 1.29 is 19.2 Å². The van der Waals surface area contributed by atoms with Crippen LogP contribution >= 0.6 is 11.3 Å². The second kappa shape index (κ2) is 7.01. The van der Waals surface area contributed by atoms with Crippen molar-refractivity contribution in [3.63, 3.8) is 0 Å². The van der Waals surface area contributed by atoms with Crippen molar-refractivity contribution in [1.82, 2.24) is 0 Å². The molecule has 0 bridgehead atoms. The van der Waals surface area contributed by atoms with Crippen molar-refractivity contribution in [3.05, 3.63) is 56.5 Å². The number of hydrogen-bond donors (Lipinski definition) is 1. The van der Waals surface area contributed by atoms with Crippen LogP contribution < -0.4 is 5.32 Å². The minimum absolute atomic E-state index is 0.140. The Bertz CT molecular complexity index is 769. The maximum atomic E-state index is 12.3. The van der Waals surface area contributed by atoms with Crippen LogP contribution in [0.4, 0.5) is 10.7 Å². The number of nitro benzene ring substituents is 1. The molecule has 1 amide bonds. The van der Waals surface area contributed by atoms with E-state index in [0.717, 1.165) is 4.88 Å². The van der Waals surface area contributed by atoms with E-state index in [1.165, 1.54) is 42.7 Å². The van der Waals surface area contributed by atoms with Gasteiger partial charge in [0.15, 0.2) is 0 Å². The van der Waals surface area contributed by atoms with Gasteiger partial charge in [-0.05, 0) is 18.6 Å². The van der Waals surface area contributed by atoms with E-state index in [9.17, 15) is 19.7 Å². The van der Waals surface area contributed by atoms with Gasteiger partial charge < -0.3 is 10.1 Å². The monoisotopic (exact) mass is 334 g/mol. The fraction of sp³-hybridized carbons (Fsp3) is 0.200. The molecule has 0 unspecified atom stereocenters. The summed E-state index contributed by atoms with van der Waals surface area (Å²) in [5.74, 6) is -1.07. The van der Waals surface area contributed by atoms with Crippen molar-refractivity contribution in [2.24, 2.45) is 0 Å². The molecule has 120 valence electrons. The first-order chi connectivity index (χ1) is 11.0. The van der Waals surface area contributed by atoms with Gasteiger partial charge in [0.2, 0.25) is 0 Å². The lowest BCUT2D eigenvalue weighted by Gasteiger charge is -2.05. The van der Waals surface area contributed by atoms with Crippen LogP contribution in [0.5, 0.6) is 0 Å². The number of aryl methyl sites for hydroxylation is 1. The van der Waals surface area contributed by atoms with Gasteiger partial charge in [-0.15, -0.1) is 11.3 Å². The highest BCUT2D eigenvalue weighted by Gasteiger charge is 2.19. The van der Waals surface area contributed by atoms with E-state index in [0.29, 0.717) is 11.4 Å². The summed E-state index contributed by atoms with van der Waals surface area (Å²) >= 11 is 1.27. The quantitative estimate of drug-likeness (QED) is 0.514. The van der Waals surface area contributed by atoms with Crippen LogP contribution in [0.25, 0.3) is 0 Å². The predicted molar refractivity (Wildman–Crippen MR) is 86.1 cm³/mol. The summed E-state index contributed by atoms with van der Waals surface area (Å²) in [6.07, 6.45) is 0.710. The molecule has 1 aromatic carbocycles. The number of non-ortho nitro benzene ring substituents is 1. The van der Waals surface area contributed by atoms with E-state index in [1.807, 2.05) is 6.92 Å². The first kappa shape index (κ1) is 16.6. The fourth-order valence-corrected chi connectivity index (χ4v) is 2.89. The number of benzene rings is 1.